The highest BCUT2D eigenvalue weighted by atomic mass is 32.1. The van der Waals surface area contributed by atoms with E-state index in [0.29, 0.717) is 30.8 Å². The summed E-state index contributed by atoms with van der Waals surface area (Å²) in [6.07, 6.45) is 2.18. The van der Waals surface area contributed by atoms with Gasteiger partial charge in [0, 0.05) is 32.6 Å². The summed E-state index contributed by atoms with van der Waals surface area (Å²) in [5.74, 6) is -0.163. The summed E-state index contributed by atoms with van der Waals surface area (Å²) in [5.41, 5.74) is 3.64. The van der Waals surface area contributed by atoms with Gasteiger partial charge in [0.05, 0.1) is 17.3 Å². The molecule has 1 aliphatic rings. The zero-order valence-electron chi connectivity index (χ0n) is 21.2. The van der Waals surface area contributed by atoms with Crippen LogP contribution in [0.25, 0.3) is 0 Å². The molecule has 2 N–H and O–H groups in total. The molecule has 1 aliphatic heterocycles. The fourth-order valence-electron chi connectivity index (χ4n) is 4.70. The number of thiocarbonyl (C=S) groups is 1. The van der Waals surface area contributed by atoms with Crippen LogP contribution < -0.4 is 10.6 Å². The first-order chi connectivity index (χ1) is 18.1. The van der Waals surface area contributed by atoms with Gasteiger partial charge in [-0.05, 0) is 41.9 Å². The molecule has 0 aromatic heterocycles. The maximum absolute atomic E-state index is 13.5. The van der Waals surface area contributed by atoms with Crippen LogP contribution in [0.3, 0.4) is 0 Å². The Kier molecular flexibility index (Phi) is 9.40. The van der Waals surface area contributed by atoms with E-state index in [2.05, 4.69) is 64.1 Å². The van der Waals surface area contributed by atoms with Gasteiger partial charge in [0.2, 0.25) is 5.91 Å². The number of hydrogen-bond donors (Lipinski definition) is 2. The van der Waals surface area contributed by atoms with Crippen molar-refractivity contribution < 1.29 is 9.59 Å². The molecule has 1 saturated heterocycles. The SMILES string of the molecule is CCCCC(=O)NC(=S)Nc1ccccc1C(=O)N1CCN(C(c2ccccc2)c2ccccc2)CC1. The fraction of sp³-hybridized carbons (Fsp3) is 0.300. The second-order valence-electron chi connectivity index (χ2n) is 9.20. The number of nitrogens with one attached hydrogen (secondary N) is 2. The first kappa shape index (κ1) is 26.5. The summed E-state index contributed by atoms with van der Waals surface area (Å²) < 4.78 is 0. The molecule has 0 aliphatic carbocycles. The van der Waals surface area contributed by atoms with Crippen LogP contribution in [0.4, 0.5) is 5.69 Å². The molecule has 0 spiro atoms. The summed E-state index contributed by atoms with van der Waals surface area (Å²) in [6, 6.07) is 28.5. The largest absolute Gasteiger partial charge is 0.336 e. The molecule has 0 unspecified atom stereocenters. The van der Waals surface area contributed by atoms with Gasteiger partial charge in [-0.1, -0.05) is 86.1 Å². The molecule has 2 amide bonds. The van der Waals surface area contributed by atoms with Gasteiger partial charge < -0.3 is 15.5 Å². The number of piperazine rings is 1. The highest BCUT2D eigenvalue weighted by molar-refractivity contribution is 7.80. The summed E-state index contributed by atoms with van der Waals surface area (Å²) in [7, 11) is 0. The Balaban J connectivity index is 1.43. The van der Waals surface area contributed by atoms with Gasteiger partial charge in [-0.3, -0.25) is 14.5 Å². The van der Waals surface area contributed by atoms with E-state index < -0.39 is 0 Å². The quantitative estimate of drug-likeness (QED) is 0.403. The Hall–Kier alpha value is -3.55. The number of unbranched alkanes of at least 4 members (excludes halogenated alkanes) is 1. The highest BCUT2D eigenvalue weighted by Gasteiger charge is 2.29. The average molecular weight is 515 g/mol. The molecule has 0 radical (unpaired) electrons. The number of carbonyl (C=O) groups excluding carboxylic acids is 2. The van der Waals surface area contributed by atoms with Gasteiger partial charge in [-0.15, -0.1) is 0 Å². The van der Waals surface area contributed by atoms with Crippen LogP contribution in [0.5, 0.6) is 0 Å². The first-order valence-corrected chi connectivity index (χ1v) is 13.3. The van der Waals surface area contributed by atoms with Crippen molar-refractivity contribution in [3.05, 3.63) is 102 Å². The van der Waals surface area contributed by atoms with Crippen LogP contribution in [-0.2, 0) is 4.79 Å². The molecule has 3 aromatic rings. The van der Waals surface area contributed by atoms with E-state index in [0.717, 1.165) is 25.9 Å². The van der Waals surface area contributed by atoms with Gasteiger partial charge in [0.15, 0.2) is 5.11 Å². The minimum absolute atomic E-state index is 0.0427. The Morgan fingerprint density at radius 2 is 1.41 bits per heavy atom. The molecule has 6 nitrogen and oxygen atoms in total. The van der Waals surface area contributed by atoms with Crippen LogP contribution in [0.2, 0.25) is 0 Å². The summed E-state index contributed by atoms with van der Waals surface area (Å²) in [5, 5.41) is 5.97. The van der Waals surface area contributed by atoms with Gasteiger partial charge >= 0.3 is 0 Å². The lowest BCUT2D eigenvalue weighted by Crippen LogP contribution is -2.50. The van der Waals surface area contributed by atoms with E-state index >= 15 is 0 Å². The van der Waals surface area contributed by atoms with E-state index in [1.165, 1.54) is 11.1 Å². The molecule has 0 atom stereocenters. The number of amides is 2. The smallest absolute Gasteiger partial charge is 0.256 e. The second kappa shape index (κ2) is 13.1. The third-order valence-electron chi connectivity index (χ3n) is 6.61. The number of benzene rings is 3. The van der Waals surface area contributed by atoms with Gasteiger partial charge in [-0.25, -0.2) is 0 Å². The Morgan fingerprint density at radius 3 is 2.00 bits per heavy atom. The lowest BCUT2D eigenvalue weighted by atomic mass is 9.96. The molecular weight excluding hydrogens is 480 g/mol. The average Bonchev–Trinajstić information content (AvgIpc) is 2.93. The predicted octanol–water partition coefficient (Wildman–Crippen LogP) is 5.24. The number of nitrogens with zero attached hydrogens (tertiary/aromatic N) is 2. The van der Waals surface area contributed by atoms with E-state index in [9.17, 15) is 9.59 Å². The van der Waals surface area contributed by atoms with Gasteiger partial charge in [0.1, 0.15) is 0 Å². The van der Waals surface area contributed by atoms with E-state index in [-0.39, 0.29) is 23.0 Å². The molecule has 0 saturated carbocycles. The lowest BCUT2D eigenvalue weighted by Gasteiger charge is -2.40. The van der Waals surface area contributed by atoms with E-state index in [4.69, 9.17) is 12.2 Å². The van der Waals surface area contributed by atoms with Crippen molar-refractivity contribution >= 4 is 34.8 Å². The molecule has 0 bridgehead atoms. The van der Waals surface area contributed by atoms with Crippen LogP contribution in [0.15, 0.2) is 84.9 Å². The zero-order valence-corrected chi connectivity index (χ0v) is 22.0. The molecular formula is C30H34N4O2S. The first-order valence-electron chi connectivity index (χ1n) is 12.9. The summed E-state index contributed by atoms with van der Waals surface area (Å²) >= 11 is 5.33. The summed E-state index contributed by atoms with van der Waals surface area (Å²) in [6.45, 7) is 4.82. The van der Waals surface area contributed by atoms with Crippen LogP contribution in [0.1, 0.15) is 53.7 Å². The molecule has 37 heavy (non-hydrogen) atoms. The summed E-state index contributed by atoms with van der Waals surface area (Å²) in [4.78, 5) is 29.9. The monoisotopic (exact) mass is 514 g/mol. The number of anilines is 1. The van der Waals surface area contributed by atoms with Crippen molar-refractivity contribution in [2.24, 2.45) is 0 Å². The van der Waals surface area contributed by atoms with Crippen LogP contribution in [0, 0.1) is 0 Å². The van der Waals surface area contributed by atoms with Crippen molar-refractivity contribution in [3.8, 4) is 0 Å². The maximum Gasteiger partial charge on any atom is 0.256 e. The second-order valence-corrected chi connectivity index (χ2v) is 9.61. The third kappa shape index (κ3) is 7.02. The van der Waals surface area contributed by atoms with Crippen molar-refractivity contribution in [1.29, 1.82) is 0 Å². The molecule has 7 heteroatoms. The molecule has 3 aromatic carbocycles. The number of hydrogen-bond acceptors (Lipinski definition) is 4. The van der Waals surface area contributed by atoms with Crippen molar-refractivity contribution in [2.75, 3.05) is 31.5 Å². The third-order valence-corrected chi connectivity index (χ3v) is 6.82. The van der Waals surface area contributed by atoms with Crippen molar-refractivity contribution in [2.45, 2.75) is 32.2 Å². The number of rotatable bonds is 8. The number of carbonyl (C=O) groups is 2. The predicted molar refractivity (Wildman–Crippen MR) is 153 cm³/mol. The van der Waals surface area contributed by atoms with Crippen molar-refractivity contribution in [3.63, 3.8) is 0 Å². The topological polar surface area (TPSA) is 64.7 Å². The highest BCUT2D eigenvalue weighted by Crippen LogP contribution is 2.30. The van der Waals surface area contributed by atoms with E-state index in [1.54, 1.807) is 6.07 Å². The van der Waals surface area contributed by atoms with Crippen molar-refractivity contribution in [1.82, 2.24) is 15.1 Å². The standard InChI is InChI=1S/C30H34N4O2S/c1-2-3-18-27(35)32-30(37)31-26-17-11-10-16-25(26)29(36)34-21-19-33(20-22-34)28(23-12-6-4-7-13-23)24-14-8-5-9-15-24/h4-17,28H,2-3,18-22H2,1H3,(H2,31,32,35,37). The Morgan fingerprint density at radius 1 is 0.838 bits per heavy atom. The molecule has 4 rings (SSSR count). The minimum atomic E-state index is -0.120. The fourth-order valence-corrected chi connectivity index (χ4v) is 4.92. The van der Waals surface area contributed by atoms with Crippen LogP contribution >= 0.6 is 12.2 Å². The number of para-hydroxylation sites is 1. The van der Waals surface area contributed by atoms with E-state index in [1.807, 2.05) is 42.2 Å². The Labute approximate surface area is 224 Å². The maximum atomic E-state index is 13.5. The van der Waals surface area contributed by atoms with Crippen LogP contribution in [-0.4, -0.2) is 52.9 Å². The molecule has 1 fully saturated rings. The van der Waals surface area contributed by atoms with Gasteiger partial charge in [-0.2, -0.15) is 0 Å². The van der Waals surface area contributed by atoms with Gasteiger partial charge in [0.25, 0.3) is 5.91 Å². The normalized spacial score (nSPS) is 13.8. The minimum Gasteiger partial charge on any atom is -0.336 e. The molecule has 1 heterocycles. The lowest BCUT2D eigenvalue weighted by molar-refractivity contribution is -0.119. The molecule has 192 valence electrons. The zero-order chi connectivity index (χ0) is 26.0. The Bertz CT molecular complexity index is 1150.